The molecule has 3 aromatic rings. The molecule has 0 aromatic heterocycles. The van der Waals surface area contributed by atoms with E-state index in [2.05, 4.69) is 33.5 Å². The zero-order valence-corrected chi connectivity index (χ0v) is 24.8. The van der Waals surface area contributed by atoms with E-state index < -0.39 is 15.9 Å². The van der Waals surface area contributed by atoms with Gasteiger partial charge >= 0.3 is 0 Å². The highest BCUT2D eigenvalue weighted by atomic mass is 79.9. The van der Waals surface area contributed by atoms with Crippen LogP contribution in [0.5, 0.6) is 5.75 Å². The van der Waals surface area contributed by atoms with Gasteiger partial charge < -0.3 is 10.1 Å². The molecule has 10 heteroatoms. The van der Waals surface area contributed by atoms with Crippen LogP contribution in [0.15, 0.2) is 82.2 Å². The summed E-state index contributed by atoms with van der Waals surface area (Å²) in [6.45, 7) is 6.18. The number of thiocarbonyl (C=S) groups is 1. The zero-order chi connectivity index (χ0) is 27.7. The Morgan fingerprint density at radius 1 is 1.05 bits per heavy atom. The van der Waals surface area contributed by atoms with Crippen molar-refractivity contribution in [2.75, 3.05) is 16.2 Å². The van der Waals surface area contributed by atoms with Crippen LogP contribution in [0.4, 0.5) is 11.4 Å². The number of benzene rings is 3. The van der Waals surface area contributed by atoms with Crippen LogP contribution in [0.2, 0.25) is 0 Å². The van der Waals surface area contributed by atoms with Gasteiger partial charge in [0.15, 0.2) is 5.11 Å². The number of halogens is 1. The van der Waals surface area contributed by atoms with E-state index in [0.717, 1.165) is 23.7 Å². The van der Waals surface area contributed by atoms with E-state index in [-0.39, 0.29) is 16.1 Å². The number of nitrogens with zero attached hydrogens (tertiary/aromatic N) is 1. The Hall–Kier alpha value is -2.95. The first kappa shape index (κ1) is 29.6. The van der Waals surface area contributed by atoms with Crippen molar-refractivity contribution in [3.63, 3.8) is 0 Å². The largest absolute Gasteiger partial charge is 0.490 e. The van der Waals surface area contributed by atoms with Crippen LogP contribution in [0, 0.1) is 0 Å². The van der Waals surface area contributed by atoms with Gasteiger partial charge in [-0.25, -0.2) is 8.42 Å². The Morgan fingerprint density at radius 3 is 2.37 bits per heavy atom. The lowest BCUT2D eigenvalue weighted by Gasteiger charge is -2.23. The maximum absolute atomic E-state index is 13.2. The van der Waals surface area contributed by atoms with Gasteiger partial charge in [0.05, 0.1) is 22.3 Å². The summed E-state index contributed by atoms with van der Waals surface area (Å²) in [5.74, 6) is 0.0627. The average Bonchev–Trinajstić information content (AvgIpc) is 2.89. The lowest BCUT2D eigenvalue weighted by molar-refractivity contribution is 0.0970. The molecule has 1 unspecified atom stereocenters. The van der Waals surface area contributed by atoms with E-state index in [4.69, 9.17) is 17.0 Å². The number of rotatable bonds is 11. The fourth-order valence-corrected chi connectivity index (χ4v) is 5.85. The number of para-hydroxylation sites is 1. The van der Waals surface area contributed by atoms with Gasteiger partial charge in [0.1, 0.15) is 5.75 Å². The lowest BCUT2D eigenvalue weighted by Crippen LogP contribution is -2.34. The Bertz CT molecular complexity index is 1350. The van der Waals surface area contributed by atoms with Crippen molar-refractivity contribution in [2.45, 2.75) is 51.0 Å². The molecule has 0 heterocycles. The van der Waals surface area contributed by atoms with Gasteiger partial charge in [-0.05, 0) is 87.1 Å². The van der Waals surface area contributed by atoms with Gasteiger partial charge in [0.2, 0.25) is 0 Å². The third-order valence-corrected chi connectivity index (χ3v) is 8.35. The molecule has 7 nitrogen and oxygen atoms in total. The molecule has 3 aromatic carbocycles. The number of ether oxygens (including phenoxy) is 1. The summed E-state index contributed by atoms with van der Waals surface area (Å²) in [5, 5.41) is 5.69. The van der Waals surface area contributed by atoms with Gasteiger partial charge in [0, 0.05) is 16.7 Å². The Morgan fingerprint density at radius 2 is 1.74 bits per heavy atom. The molecule has 0 bridgehead atoms. The number of nitrogens with one attached hydrogen (secondary N) is 2. The van der Waals surface area contributed by atoms with Crippen molar-refractivity contribution in [3.8, 4) is 5.75 Å². The molecule has 38 heavy (non-hydrogen) atoms. The van der Waals surface area contributed by atoms with Crippen LogP contribution < -0.4 is 19.7 Å². The smallest absolute Gasteiger partial charge is 0.264 e. The van der Waals surface area contributed by atoms with Crippen molar-refractivity contribution >= 4 is 60.6 Å². The highest BCUT2D eigenvalue weighted by Crippen LogP contribution is 2.26. The van der Waals surface area contributed by atoms with Crippen molar-refractivity contribution in [1.29, 1.82) is 0 Å². The minimum absolute atomic E-state index is 0.0342. The molecule has 1 amide bonds. The number of carbonyl (C=O) groups is 1. The van der Waals surface area contributed by atoms with Gasteiger partial charge in [-0.3, -0.25) is 14.4 Å². The molecule has 0 aliphatic heterocycles. The van der Waals surface area contributed by atoms with Crippen molar-refractivity contribution in [3.05, 3.63) is 82.8 Å². The average molecular weight is 619 g/mol. The summed E-state index contributed by atoms with van der Waals surface area (Å²) in [6.07, 6.45) is 2.96. The second-order valence-corrected chi connectivity index (χ2v) is 11.8. The van der Waals surface area contributed by atoms with Crippen LogP contribution in [-0.4, -0.2) is 32.1 Å². The number of hydrogen-bond acceptors (Lipinski definition) is 5. The predicted molar refractivity (Wildman–Crippen MR) is 161 cm³/mol. The number of hydrogen-bond donors (Lipinski definition) is 2. The van der Waals surface area contributed by atoms with Crippen molar-refractivity contribution < 1.29 is 17.9 Å². The molecule has 2 N–H and O–H groups in total. The van der Waals surface area contributed by atoms with E-state index in [1.54, 1.807) is 55.5 Å². The molecule has 0 fully saturated rings. The lowest BCUT2D eigenvalue weighted by atomic mass is 10.1. The van der Waals surface area contributed by atoms with E-state index in [1.807, 2.05) is 19.1 Å². The molecule has 0 aliphatic carbocycles. The second kappa shape index (κ2) is 13.7. The number of sulfonamides is 1. The first-order valence-electron chi connectivity index (χ1n) is 12.4. The number of anilines is 2. The normalized spacial score (nSPS) is 11.9. The van der Waals surface area contributed by atoms with Gasteiger partial charge in [0.25, 0.3) is 15.9 Å². The molecule has 202 valence electrons. The monoisotopic (exact) mass is 617 g/mol. The molecule has 0 spiro atoms. The van der Waals surface area contributed by atoms with Gasteiger partial charge in [-0.1, -0.05) is 53.9 Å². The fourth-order valence-electron chi connectivity index (χ4n) is 3.81. The summed E-state index contributed by atoms with van der Waals surface area (Å²) >= 11 is 8.75. The molecule has 0 radical (unpaired) electrons. The summed E-state index contributed by atoms with van der Waals surface area (Å²) in [4.78, 5) is 13.2. The van der Waals surface area contributed by atoms with E-state index in [0.29, 0.717) is 29.2 Å². The number of carbonyl (C=O) groups excluding carboxylic acids is 1. The van der Waals surface area contributed by atoms with Crippen molar-refractivity contribution in [2.24, 2.45) is 0 Å². The molecule has 0 aliphatic rings. The Kier molecular flexibility index (Phi) is 10.7. The molecule has 3 rings (SSSR count). The number of unbranched alkanes of at least 4 members (excludes halogenated alkanes) is 1. The molecule has 1 atom stereocenters. The number of amides is 1. The van der Waals surface area contributed by atoms with Crippen molar-refractivity contribution in [1.82, 2.24) is 5.32 Å². The molecular formula is C28H32BrN3O4S2. The second-order valence-electron chi connectivity index (χ2n) is 8.65. The summed E-state index contributed by atoms with van der Waals surface area (Å²) in [6, 6.07) is 20.4. The highest BCUT2D eigenvalue weighted by Gasteiger charge is 2.23. The Balaban J connectivity index is 1.68. The molecule has 0 saturated carbocycles. The maximum atomic E-state index is 13.2. The highest BCUT2D eigenvalue weighted by molar-refractivity contribution is 9.10. The van der Waals surface area contributed by atoms with Gasteiger partial charge in [-0.15, -0.1) is 0 Å². The minimum Gasteiger partial charge on any atom is -0.490 e. The minimum atomic E-state index is -3.74. The summed E-state index contributed by atoms with van der Waals surface area (Å²) < 4.78 is 34.5. The first-order valence-corrected chi connectivity index (χ1v) is 15.1. The third-order valence-electron chi connectivity index (χ3n) is 5.74. The quantitative estimate of drug-likeness (QED) is 0.231. The zero-order valence-electron chi connectivity index (χ0n) is 21.6. The van der Waals surface area contributed by atoms with Crippen LogP contribution in [0.1, 0.15) is 50.4 Å². The van der Waals surface area contributed by atoms with E-state index >= 15 is 0 Å². The Labute approximate surface area is 238 Å². The van der Waals surface area contributed by atoms with Crippen LogP contribution in [-0.2, 0) is 10.0 Å². The van der Waals surface area contributed by atoms with E-state index in [9.17, 15) is 13.2 Å². The van der Waals surface area contributed by atoms with E-state index in [1.165, 1.54) is 16.4 Å². The SMILES string of the molecule is CCCCC(C)Oc1ccc(Br)cc1C(=O)NC(=S)Nc1ccc(S(=O)(=O)N(CC)c2ccccc2)cc1. The maximum Gasteiger partial charge on any atom is 0.264 e. The molecule has 0 saturated heterocycles. The van der Waals surface area contributed by atoms with Gasteiger partial charge in [-0.2, -0.15) is 0 Å². The fraction of sp³-hybridized carbons (Fsp3) is 0.286. The van der Waals surface area contributed by atoms with Crippen LogP contribution >= 0.6 is 28.1 Å². The van der Waals surface area contributed by atoms with Crippen LogP contribution in [0.25, 0.3) is 0 Å². The standard InChI is InChI=1S/C28H32BrN3O4S2/c1-4-6-10-20(3)36-26-18-13-21(29)19-25(26)27(33)31-28(37)30-22-14-16-24(17-15-22)38(34,35)32(5-2)23-11-8-7-9-12-23/h7-9,11-20H,4-6,10H2,1-3H3,(H2,30,31,33,37). The van der Waals surface area contributed by atoms with Crippen LogP contribution in [0.3, 0.4) is 0 Å². The summed E-state index contributed by atoms with van der Waals surface area (Å²) in [7, 11) is -3.74. The topological polar surface area (TPSA) is 87.7 Å². The summed E-state index contributed by atoms with van der Waals surface area (Å²) in [5.41, 5.74) is 1.49. The molecular weight excluding hydrogens is 586 g/mol. The third kappa shape index (κ3) is 7.78. The first-order chi connectivity index (χ1) is 18.1. The predicted octanol–water partition coefficient (Wildman–Crippen LogP) is 6.75.